The van der Waals surface area contributed by atoms with Crippen molar-refractivity contribution in [3.05, 3.63) is 127 Å². The number of anilines is 1. The van der Waals surface area contributed by atoms with Gasteiger partial charge in [0.25, 0.3) is 0 Å². The van der Waals surface area contributed by atoms with Crippen molar-refractivity contribution in [1.82, 2.24) is 65.8 Å². The minimum atomic E-state index is -4.36. The molecule has 5 heterocycles. The number of carbonyl (C=O) groups excluding carboxylic acids is 6. The zero-order valence-electron chi connectivity index (χ0n) is 39.3. The van der Waals surface area contributed by atoms with Crippen LogP contribution in [0, 0.1) is 0 Å². The molecular formula is C48H55N15O8S. The molecule has 0 saturated carbocycles. The first-order valence-electron chi connectivity index (χ1n) is 23.1. The van der Waals surface area contributed by atoms with Gasteiger partial charge in [-0.2, -0.15) is 4.72 Å². The van der Waals surface area contributed by atoms with Gasteiger partial charge in [0.15, 0.2) is 0 Å². The van der Waals surface area contributed by atoms with Gasteiger partial charge < -0.3 is 56.7 Å². The van der Waals surface area contributed by atoms with Crippen LogP contribution >= 0.6 is 0 Å². The fraction of sp³-hybridized carbons (Fsp3) is 0.312. The highest BCUT2D eigenvalue weighted by atomic mass is 32.2. The lowest BCUT2D eigenvalue weighted by atomic mass is 10.0. The maximum atomic E-state index is 14.6. The van der Waals surface area contributed by atoms with E-state index in [1.807, 2.05) is 55.4 Å². The first kappa shape index (κ1) is 50.0. The summed E-state index contributed by atoms with van der Waals surface area (Å²) in [5, 5.41) is 12.6. The minimum absolute atomic E-state index is 0.0335. The topological polar surface area (TPSA) is 331 Å². The number of nitrogens with zero attached hydrogens (tertiary/aromatic N) is 5. The summed E-state index contributed by atoms with van der Waals surface area (Å²) in [4.78, 5) is 110. The number of hydrogen-bond donors (Lipinski definition) is 10. The second-order valence-corrected chi connectivity index (χ2v) is 19.3. The Bertz CT molecular complexity index is 3160. The van der Waals surface area contributed by atoms with E-state index >= 15 is 0 Å². The van der Waals surface area contributed by atoms with Gasteiger partial charge in [0.2, 0.25) is 45.5 Å². The van der Waals surface area contributed by atoms with Crippen LogP contribution < -0.4 is 36.6 Å². The quantitative estimate of drug-likeness (QED) is 0.0436. The third kappa shape index (κ3) is 11.8. The predicted octanol–water partition coefficient (Wildman–Crippen LogP) is 0.221. The molecule has 8 rings (SSSR count). The lowest BCUT2D eigenvalue weighted by Gasteiger charge is -2.29. The Morgan fingerprint density at radius 2 is 1.32 bits per heavy atom. The van der Waals surface area contributed by atoms with Gasteiger partial charge in [-0.05, 0) is 36.6 Å². The summed E-state index contributed by atoms with van der Waals surface area (Å²) in [6, 6.07) is 11.5. The van der Waals surface area contributed by atoms with Gasteiger partial charge >= 0.3 is 0 Å². The average Bonchev–Trinajstić information content (AvgIpc) is 4.24. The molecule has 1 aliphatic heterocycles. The van der Waals surface area contributed by atoms with Crippen LogP contribution in [0.25, 0.3) is 21.7 Å². The highest BCUT2D eigenvalue weighted by molar-refractivity contribution is 7.89. The van der Waals surface area contributed by atoms with Gasteiger partial charge in [-0.1, -0.05) is 42.5 Å². The number of rotatable bonds is 22. The van der Waals surface area contributed by atoms with Gasteiger partial charge in [0.05, 0.1) is 30.4 Å². The molecule has 7 aromatic rings. The van der Waals surface area contributed by atoms with Gasteiger partial charge in [-0.3, -0.25) is 28.8 Å². The molecule has 376 valence electrons. The molecule has 23 nitrogen and oxygen atoms in total. The van der Waals surface area contributed by atoms with Crippen LogP contribution in [0.1, 0.15) is 35.5 Å². The fourth-order valence-electron chi connectivity index (χ4n) is 8.91. The van der Waals surface area contributed by atoms with E-state index in [0.717, 1.165) is 22.2 Å². The zero-order valence-corrected chi connectivity index (χ0v) is 40.2. The molecule has 0 spiro atoms. The maximum Gasteiger partial charge on any atom is 0.243 e. The van der Waals surface area contributed by atoms with E-state index in [4.69, 9.17) is 5.73 Å². The van der Waals surface area contributed by atoms with Crippen LogP contribution in [0.4, 0.5) is 5.69 Å². The predicted molar refractivity (Wildman–Crippen MR) is 264 cm³/mol. The van der Waals surface area contributed by atoms with E-state index in [1.165, 1.54) is 48.5 Å². The third-order valence-electron chi connectivity index (χ3n) is 12.5. The standard InChI is InChI=1S/C48H55N15O8S/c1-62(2)40-12-5-10-34-33(40)9-6-14-42(34)72(70,71)61-39(19-31-23-52-27-57-31)48(69)63-15-7-13-41(63)47(68)60-37(17-29-21-50-25-55-29)45(66)54-24-43(64)58-38(18-30-22-51-26-56-30)46(67)59-36(44(49)65)16-28-20-53-35-11-4-3-8-32(28)35/h3-6,8-12,14,20-23,25-27,36-39,41,53,61H,7,13,15-19,24H2,1-2H3,(H2,49,65)(H,50,55)(H,51,56)(H,52,57)(H,54,66)(H,58,64)(H,59,67)(H,60,68)/t36-,37-,38-,39-,41-/m0/s1. The van der Waals surface area contributed by atoms with Crippen LogP contribution in [0.5, 0.6) is 0 Å². The number of carbonyl (C=O) groups is 6. The van der Waals surface area contributed by atoms with Crippen molar-refractivity contribution in [2.24, 2.45) is 5.73 Å². The Balaban J connectivity index is 0.948. The molecule has 4 aromatic heterocycles. The normalized spacial score (nSPS) is 15.4. The lowest BCUT2D eigenvalue weighted by Crippen LogP contribution is -2.58. The van der Waals surface area contributed by atoms with Gasteiger partial charge in [0, 0.05) is 116 Å². The van der Waals surface area contributed by atoms with Crippen molar-refractivity contribution < 1.29 is 37.2 Å². The SMILES string of the molecule is CN(C)c1cccc2c(S(=O)(=O)N[C@@H](Cc3cnc[nH]3)C(=O)N3CCC[C@H]3C(=O)N[C@@H](Cc3cnc[nH]3)C(=O)NCC(=O)N[C@@H](Cc3cnc[nH]3)C(=O)N[C@@H](Cc3c[nH]c4ccccc34)C(N)=O)cccc12. The summed E-state index contributed by atoms with van der Waals surface area (Å²) in [7, 11) is -0.657. The number of hydrogen-bond acceptors (Lipinski definition) is 12. The number of primary amides is 1. The summed E-state index contributed by atoms with van der Waals surface area (Å²) in [5.41, 5.74) is 9.54. The number of nitrogens with two attached hydrogens (primary N) is 1. The van der Waals surface area contributed by atoms with E-state index in [2.05, 4.69) is 60.9 Å². The second-order valence-electron chi connectivity index (χ2n) is 17.7. The van der Waals surface area contributed by atoms with Crippen molar-refractivity contribution in [2.45, 2.75) is 73.6 Å². The molecule has 6 amide bonds. The first-order chi connectivity index (χ1) is 34.6. The Kier molecular flexibility index (Phi) is 15.4. The van der Waals surface area contributed by atoms with Crippen molar-refractivity contribution >= 4 is 72.8 Å². The number of amides is 6. The van der Waals surface area contributed by atoms with Gasteiger partial charge in [0.1, 0.15) is 30.2 Å². The van der Waals surface area contributed by atoms with Crippen molar-refractivity contribution in [1.29, 1.82) is 0 Å². The largest absolute Gasteiger partial charge is 0.377 e. The number of para-hydroxylation sites is 1. The van der Waals surface area contributed by atoms with E-state index in [1.54, 1.807) is 24.4 Å². The van der Waals surface area contributed by atoms with Crippen LogP contribution in [0.3, 0.4) is 0 Å². The van der Waals surface area contributed by atoms with E-state index in [0.29, 0.717) is 34.3 Å². The summed E-state index contributed by atoms with van der Waals surface area (Å²) in [5.74, 6) is -4.42. The molecule has 0 unspecified atom stereocenters. The smallest absolute Gasteiger partial charge is 0.243 e. The summed E-state index contributed by atoms with van der Waals surface area (Å²) >= 11 is 0. The number of aromatic amines is 4. The monoisotopic (exact) mass is 1000 g/mol. The number of aromatic nitrogens is 7. The summed E-state index contributed by atoms with van der Waals surface area (Å²) in [6.07, 6.45) is 10.7. The molecule has 0 bridgehead atoms. The number of likely N-dealkylation sites (tertiary alicyclic amines) is 1. The molecular weight excluding hydrogens is 947 g/mol. The second kappa shape index (κ2) is 22.1. The van der Waals surface area contributed by atoms with Crippen molar-refractivity contribution in [3.8, 4) is 0 Å². The van der Waals surface area contributed by atoms with Crippen LogP contribution in [0.15, 0.2) is 109 Å². The number of nitrogens with one attached hydrogen (secondary N) is 9. The Labute approximate surface area is 413 Å². The van der Waals surface area contributed by atoms with Crippen LogP contribution in [-0.4, -0.2) is 141 Å². The van der Waals surface area contributed by atoms with Crippen molar-refractivity contribution in [2.75, 3.05) is 32.1 Å². The number of fused-ring (bicyclic) bond motifs is 2. The lowest BCUT2D eigenvalue weighted by molar-refractivity contribution is -0.140. The minimum Gasteiger partial charge on any atom is -0.377 e. The van der Waals surface area contributed by atoms with Crippen LogP contribution in [-0.2, 0) is 64.5 Å². The number of sulfonamides is 1. The number of imidazole rings is 3. The Morgan fingerprint density at radius 3 is 1.96 bits per heavy atom. The summed E-state index contributed by atoms with van der Waals surface area (Å²) < 4.78 is 31.2. The molecule has 1 fully saturated rings. The molecule has 3 aromatic carbocycles. The number of benzene rings is 3. The van der Waals surface area contributed by atoms with E-state index in [9.17, 15) is 37.2 Å². The van der Waals surface area contributed by atoms with Crippen LogP contribution in [0.2, 0.25) is 0 Å². The van der Waals surface area contributed by atoms with Crippen molar-refractivity contribution in [3.63, 3.8) is 0 Å². The molecule has 24 heteroatoms. The summed E-state index contributed by atoms with van der Waals surface area (Å²) in [6.45, 7) is -0.515. The van der Waals surface area contributed by atoms with E-state index in [-0.39, 0.29) is 43.5 Å². The van der Waals surface area contributed by atoms with Gasteiger partial charge in [-0.25, -0.2) is 23.4 Å². The Morgan fingerprint density at radius 1 is 0.708 bits per heavy atom. The Hall–Kier alpha value is -8.38. The highest BCUT2D eigenvalue weighted by Gasteiger charge is 2.40. The average molecular weight is 1000 g/mol. The third-order valence-corrected chi connectivity index (χ3v) is 14.0. The molecule has 72 heavy (non-hydrogen) atoms. The maximum absolute atomic E-state index is 14.6. The molecule has 1 saturated heterocycles. The molecule has 0 radical (unpaired) electrons. The molecule has 1 aliphatic rings. The first-order valence-corrected chi connectivity index (χ1v) is 24.6. The van der Waals surface area contributed by atoms with E-state index < -0.39 is 82.2 Å². The molecule has 5 atom stereocenters. The molecule has 0 aliphatic carbocycles. The highest BCUT2D eigenvalue weighted by Crippen LogP contribution is 2.31. The number of H-pyrrole nitrogens is 4. The zero-order chi connectivity index (χ0) is 50.9. The molecule has 11 N–H and O–H groups in total. The fourth-order valence-corrected chi connectivity index (χ4v) is 10.3. The van der Waals surface area contributed by atoms with Gasteiger partial charge in [-0.15, -0.1) is 0 Å².